The van der Waals surface area contributed by atoms with E-state index in [1.165, 1.54) is 0 Å². The number of aromatic nitrogens is 2. The maximum absolute atomic E-state index is 6.23. The fourth-order valence-electron chi connectivity index (χ4n) is 2.88. The summed E-state index contributed by atoms with van der Waals surface area (Å²) in [5, 5.41) is 1.81. The summed E-state index contributed by atoms with van der Waals surface area (Å²) in [6, 6.07) is 15.3. The molecule has 0 radical (unpaired) electrons. The van der Waals surface area contributed by atoms with Crippen LogP contribution in [0.5, 0.6) is 5.75 Å². The predicted molar refractivity (Wildman–Crippen MR) is 111 cm³/mol. The molecule has 0 spiro atoms. The van der Waals surface area contributed by atoms with Crippen LogP contribution in [0.2, 0.25) is 15.1 Å². The van der Waals surface area contributed by atoms with Crippen LogP contribution in [0.15, 0.2) is 60.9 Å². The molecule has 0 fully saturated rings. The average molecular weight is 418 g/mol. The van der Waals surface area contributed by atoms with Crippen molar-refractivity contribution in [3.05, 3.63) is 87.1 Å². The Morgan fingerprint density at radius 1 is 0.926 bits per heavy atom. The second kappa shape index (κ2) is 7.43. The van der Waals surface area contributed by atoms with Crippen molar-refractivity contribution in [2.45, 2.75) is 13.5 Å². The molecule has 27 heavy (non-hydrogen) atoms. The van der Waals surface area contributed by atoms with Gasteiger partial charge in [-0.3, -0.25) is 0 Å². The first-order chi connectivity index (χ1) is 13.0. The number of ether oxygens (including phenoxy) is 1. The van der Waals surface area contributed by atoms with E-state index in [-0.39, 0.29) is 0 Å². The lowest BCUT2D eigenvalue weighted by molar-refractivity contribution is 0.304. The zero-order valence-corrected chi connectivity index (χ0v) is 16.7. The third-order valence-corrected chi connectivity index (χ3v) is 4.99. The molecule has 0 amide bonds. The van der Waals surface area contributed by atoms with E-state index in [9.17, 15) is 0 Å². The van der Waals surface area contributed by atoms with Crippen molar-refractivity contribution in [1.29, 1.82) is 0 Å². The summed E-state index contributed by atoms with van der Waals surface area (Å²) in [5.41, 5.74) is 4.59. The van der Waals surface area contributed by atoms with Gasteiger partial charge in [0, 0.05) is 23.0 Å². The normalized spacial score (nSPS) is 11.1. The molecule has 0 aliphatic carbocycles. The standard InChI is InChI=1S/C21H15Cl3N2O/c1-13-8-15(19-11-26-10-17(23)9-18(24)21(26)25-19)4-7-20(13)27-12-14-2-5-16(22)6-3-14/h2-11H,12H2,1H3. The van der Waals surface area contributed by atoms with Gasteiger partial charge in [0.05, 0.1) is 15.7 Å². The molecule has 0 aliphatic rings. The predicted octanol–water partition coefficient (Wildman–Crippen LogP) is 6.85. The minimum Gasteiger partial charge on any atom is -0.489 e. The number of hydrogen-bond donors (Lipinski definition) is 0. The molecule has 3 nitrogen and oxygen atoms in total. The summed E-state index contributed by atoms with van der Waals surface area (Å²) in [6.45, 7) is 2.50. The summed E-state index contributed by atoms with van der Waals surface area (Å²) in [6.07, 6.45) is 3.70. The Bertz CT molecular complexity index is 1120. The van der Waals surface area contributed by atoms with Gasteiger partial charge in [-0.1, -0.05) is 46.9 Å². The first-order valence-corrected chi connectivity index (χ1v) is 9.45. The summed E-state index contributed by atoms with van der Waals surface area (Å²) in [5.74, 6) is 0.832. The van der Waals surface area contributed by atoms with Crippen molar-refractivity contribution >= 4 is 40.4 Å². The molecule has 0 atom stereocenters. The number of nitrogens with zero attached hydrogens (tertiary/aromatic N) is 2. The zero-order valence-electron chi connectivity index (χ0n) is 14.4. The highest BCUT2D eigenvalue weighted by molar-refractivity contribution is 6.36. The Hall–Kier alpha value is -2.20. The number of halogens is 3. The lowest BCUT2D eigenvalue weighted by Crippen LogP contribution is -1.97. The van der Waals surface area contributed by atoms with E-state index in [4.69, 9.17) is 39.5 Å². The van der Waals surface area contributed by atoms with Gasteiger partial charge in [0.2, 0.25) is 0 Å². The second-order valence-corrected chi connectivity index (χ2v) is 7.54. The third-order valence-electron chi connectivity index (χ3n) is 4.25. The highest BCUT2D eigenvalue weighted by Gasteiger charge is 2.10. The molecule has 0 unspecified atom stereocenters. The van der Waals surface area contributed by atoms with Gasteiger partial charge in [0.25, 0.3) is 0 Å². The highest BCUT2D eigenvalue weighted by atomic mass is 35.5. The topological polar surface area (TPSA) is 26.5 Å². The Kier molecular flexibility index (Phi) is 5.00. The molecule has 4 aromatic rings. The largest absolute Gasteiger partial charge is 0.489 e. The molecule has 2 aromatic carbocycles. The minimum absolute atomic E-state index is 0.486. The number of imidazole rings is 1. The maximum atomic E-state index is 6.23. The summed E-state index contributed by atoms with van der Waals surface area (Å²) >= 11 is 18.2. The quantitative estimate of drug-likeness (QED) is 0.363. The van der Waals surface area contributed by atoms with Crippen LogP contribution in [0.25, 0.3) is 16.9 Å². The zero-order chi connectivity index (χ0) is 19.0. The number of pyridine rings is 1. The molecule has 4 rings (SSSR count). The van der Waals surface area contributed by atoms with Crippen LogP contribution >= 0.6 is 34.8 Å². The fraction of sp³-hybridized carbons (Fsp3) is 0.0952. The van der Waals surface area contributed by atoms with Crippen molar-refractivity contribution in [2.75, 3.05) is 0 Å². The van der Waals surface area contributed by atoms with Crippen LogP contribution in [0.3, 0.4) is 0 Å². The summed E-state index contributed by atoms with van der Waals surface area (Å²) in [4.78, 5) is 4.62. The van der Waals surface area contributed by atoms with Crippen LogP contribution < -0.4 is 4.74 Å². The van der Waals surface area contributed by atoms with E-state index in [1.54, 1.807) is 12.3 Å². The van der Waals surface area contributed by atoms with Crippen LogP contribution in [-0.2, 0) is 6.61 Å². The molecule has 6 heteroatoms. The van der Waals surface area contributed by atoms with Crippen molar-refractivity contribution < 1.29 is 4.74 Å². The first kappa shape index (κ1) is 18.2. The Labute approximate surface area is 172 Å². The van der Waals surface area contributed by atoms with E-state index < -0.39 is 0 Å². The van der Waals surface area contributed by atoms with Gasteiger partial charge in [0.15, 0.2) is 5.65 Å². The molecule has 2 heterocycles. The molecule has 0 bridgehead atoms. The smallest absolute Gasteiger partial charge is 0.156 e. The SMILES string of the molecule is Cc1cc(-c2cn3cc(Cl)cc(Cl)c3n2)ccc1OCc1ccc(Cl)cc1. The number of aryl methyl sites for hydroxylation is 1. The Morgan fingerprint density at radius 3 is 2.44 bits per heavy atom. The first-order valence-electron chi connectivity index (χ1n) is 8.31. The van der Waals surface area contributed by atoms with Crippen molar-refractivity contribution in [3.8, 4) is 17.0 Å². The Morgan fingerprint density at radius 2 is 1.70 bits per heavy atom. The minimum atomic E-state index is 0.486. The van der Waals surface area contributed by atoms with Gasteiger partial charge in [-0.2, -0.15) is 0 Å². The fourth-order valence-corrected chi connectivity index (χ4v) is 3.53. The monoisotopic (exact) mass is 416 g/mol. The molecule has 0 aliphatic heterocycles. The molecule has 0 N–H and O–H groups in total. The summed E-state index contributed by atoms with van der Waals surface area (Å²) < 4.78 is 7.77. The van der Waals surface area contributed by atoms with E-state index >= 15 is 0 Å². The lowest BCUT2D eigenvalue weighted by Gasteiger charge is -2.10. The molecule has 136 valence electrons. The van der Waals surface area contributed by atoms with Gasteiger partial charge in [-0.15, -0.1) is 0 Å². The van der Waals surface area contributed by atoms with Gasteiger partial charge in [-0.25, -0.2) is 4.98 Å². The van der Waals surface area contributed by atoms with E-state index in [0.717, 1.165) is 28.1 Å². The Balaban J connectivity index is 1.58. The average Bonchev–Trinajstić information content (AvgIpc) is 3.06. The highest BCUT2D eigenvalue weighted by Crippen LogP contribution is 2.29. The number of fused-ring (bicyclic) bond motifs is 1. The second-order valence-electron chi connectivity index (χ2n) is 6.26. The van der Waals surface area contributed by atoms with Crippen LogP contribution in [0, 0.1) is 6.92 Å². The van der Waals surface area contributed by atoms with Crippen molar-refractivity contribution in [1.82, 2.24) is 9.38 Å². The van der Waals surface area contributed by atoms with Crippen molar-refractivity contribution in [3.63, 3.8) is 0 Å². The molecule has 0 saturated carbocycles. The third kappa shape index (κ3) is 3.91. The van der Waals surface area contributed by atoms with Gasteiger partial charge in [0.1, 0.15) is 12.4 Å². The number of hydrogen-bond acceptors (Lipinski definition) is 2. The number of benzene rings is 2. The van der Waals surface area contributed by atoms with Gasteiger partial charge < -0.3 is 9.14 Å². The molecular formula is C21H15Cl3N2O. The molecule has 0 saturated heterocycles. The van der Waals surface area contributed by atoms with Gasteiger partial charge >= 0.3 is 0 Å². The molecule has 2 aromatic heterocycles. The van der Waals surface area contributed by atoms with E-state index in [1.807, 2.05) is 53.9 Å². The molecular weight excluding hydrogens is 403 g/mol. The van der Waals surface area contributed by atoms with Crippen LogP contribution in [-0.4, -0.2) is 9.38 Å². The van der Waals surface area contributed by atoms with Gasteiger partial charge in [-0.05, 0) is 54.4 Å². The van der Waals surface area contributed by atoms with Crippen molar-refractivity contribution in [2.24, 2.45) is 0 Å². The maximum Gasteiger partial charge on any atom is 0.156 e. The van der Waals surface area contributed by atoms with E-state index in [0.29, 0.717) is 27.3 Å². The van der Waals surface area contributed by atoms with Crippen LogP contribution in [0.4, 0.5) is 0 Å². The van der Waals surface area contributed by atoms with E-state index in [2.05, 4.69) is 11.1 Å². The summed E-state index contributed by atoms with van der Waals surface area (Å²) in [7, 11) is 0. The lowest BCUT2D eigenvalue weighted by atomic mass is 10.1. The number of rotatable bonds is 4. The van der Waals surface area contributed by atoms with Crippen LogP contribution in [0.1, 0.15) is 11.1 Å².